The molecule has 0 unspecified atom stereocenters. The van der Waals surface area contributed by atoms with Crippen LogP contribution in [0.25, 0.3) is 6.08 Å². The Kier molecular flexibility index (Phi) is 6.37. The van der Waals surface area contributed by atoms with E-state index in [1.807, 2.05) is 37.3 Å². The summed E-state index contributed by atoms with van der Waals surface area (Å²) in [5, 5.41) is 0. The van der Waals surface area contributed by atoms with E-state index in [9.17, 15) is 9.59 Å². The molecule has 0 radical (unpaired) electrons. The number of hydrogen-bond acceptors (Lipinski definition) is 4. The SMILES string of the molecule is CCOc1ccc(/C=C/C(=O)c2ccc(OC(=O)c3ccccc3)cc2)cc1. The van der Waals surface area contributed by atoms with E-state index in [0.29, 0.717) is 23.5 Å². The molecule has 3 aromatic carbocycles. The van der Waals surface area contributed by atoms with E-state index >= 15 is 0 Å². The van der Waals surface area contributed by atoms with Crippen molar-refractivity contribution in [3.8, 4) is 11.5 Å². The van der Waals surface area contributed by atoms with Gasteiger partial charge in [0.1, 0.15) is 11.5 Å². The molecular formula is C24H20O4. The number of benzene rings is 3. The van der Waals surface area contributed by atoms with Gasteiger partial charge in [0.15, 0.2) is 5.78 Å². The third-order valence-corrected chi connectivity index (χ3v) is 3.98. The number of rotatable bonds is 7. The monoisotopic (exact) mass is 372 g/mol. The maximum Gasteiger partial charge on any atom is 0.343 e. The fourth-order valence-electron chi connectivity index (χ4n) is 2.54. The fraction of sp³-hybridized carbons (Fsp3) is 0.0833. The molecule has 0 saturated heterocycles. The maximum atomic E-state index is 12.3. The zero-order valence-corrected chi connectivity index (χ0v) is 15.5. The molecule has 3 aromatic rings. The van der Waals surface area contributed by atoms with E-state index in [4.69, 9.17) is 9.47 Å². The Morgan fingerprint density at radius 3 is 2.07 bits per heavy atom. The molecule has 0 heterocycles. The van der Waals surface area contributed by atoms with E-state index in [1.54, 1.807) is 54.6 Å². The Balaban J connectivity index is 1.61. The van der Waals surface area contributed by atoms with Crippen molar-refractivity contribution in [2.75, 3.05) is 6.61 Å². The van der Waals surface area contributed by atoms with Crippen LogP contribution in [0.15, 0.2) is 84.9 Å². The quantitative estimate of drug-likeness (QED) is 0.248. The summed E-state index contributed by atoms with van der Waals surface area (Å²) in [6.45, 7) is 2.55. The molecule has 0 spiro atoms. The molecule has 140 valence electrons. The first-order valence-corrected chi connectivity index (χ1v) is 8.98. The van der Waals surface area contributed by atoms with Crippen LogP contribution in [0.2, 0.25) is 0 Å². The van der Waals surface area contributed by atoms with Gasteiger partial charge in [0.2, 0.25) is 0 Å². The van der Waals surface area contributed by atoms with Gasteiger partial charge < -0.3 is 9.47 Å². The van der Waals surface area contributed by atoms with Gasteiger partial charge in [0.25, 0.3) is 0 Å². The number of hydrogen-bond donors (Lipinski definition) is 0. The molecule has 28 heavy (non-hydrogen) atoms. The molecule has 3 rings (SSSR count). The van der Waals surface area contributed by atoms with Crippen molar-refractivity contribution in [3.05, 3.63) is 102 Å². The van der Waals surface area contributed by atoms with Crippen molar-refractivity contribution in [2.45, 2.75) is 6.92 Å². The summed E-state index contributed by atoms with van der Waals surface area (Å²) < 4.78 is 10.7. The molecule has 0 N–H and O–H groups in total. The second-order valence-corrected chi connectivity index (χ2v) is 5.98. The normalized spacial score (nSPS) is 10.6. The molecule has 0 aliphatic carbocycles. The van der Waals surface area contributed by atoms with E-state index in [-0.39, 0.29) is 5.78 Å². The second-order valence-electron chi connectivity index (χ2n) is 5.98. The van der Waals surface area contributed by atoms with Crippen LogP contribution in [-0.2, 0) is 0 Å². The standard InChI is InChI=1S/C24H20O4/c1-2-27-21-13-8-18(9-14-21)10-17-23(25)19-11-15-22(16-12-19)28-24(26)20-6-4-3-5-7-20/h3-17H,2H2,1H3/b17-10+. The predicted octanol–water partition coefficient (Wildman–Crippen LogP) is 5.20. The fourth-order valence-corrected chi connectivity index (χ4v) is 2.54. The van der Waals surface area contributed by atoms with Gasteiger partial charge >= 0.3 is 5.97 Å². The third kappa shape index (κ3) is 5.17. The van der Waals surface area contributed by atoms with Crippen LogP contribution in [0, 0.1) is 0 Å². The molecule has 0 atom stereocenters. The lowest BCUT2D eigenvalue weighted by Crippen LogP contribution is -2.08. The third-order valence-electron chi connectivity index (χ3n) is 3.98. The lowest BCUT2D eigenvalue weighted by molar-refractivity contribution is 0.0734. The van der Waals surface area contributed by atoms with Gasteiger partial charge in [-0.25, -0.2) is 4.79 Å². The summed E-state index contributed by atoms with van der Waals surface area (Å²) >= 11 is 0. The van der Waals surface area contributed by atoms with Crippen molar-refractivity contribution in [1.29, 1.82) is 0 Å². The van der Waals surface area contributed by atoms with Crippen molar-refractivity contribution in [2.24, 2.45) is 0 Å². The van der Waals surface area contributed by atoms with Gasteiger partial charge in [-0.3, -0.25) is 4.79 Å². The predicted molar refractivity (Wildman–Crippen MR) is 109 cm³/mol. The lowest BCUT2D eigenvalue weighted by Gasteiger charge is -2.05. The number of carbonyl (C=O) groups excluding carboxylic acids is 2. The summed E-state index contributed by atoms with van der Waals surface area (Å²) in [5.74, 6) is 0.623. The van der Waals surface area contributed by atoms with Crippen LogP contribution in [0.5, 0.6) is 11.5 Å². The van der Waals surface area contributed by atoms with Gasteiger partial charge in [0, 0.05) is 5.56 Å². The van der Waals surface area contributed by atoms with Gasteiger partial charge in [-0.05, 0) is 67.1 Å². The van der Waals surface area contributed by atoms with Gasteiger partial charge in [-0.2, -0.15) is 0 Å². The zero-order valence-electron chi connectivity index (χ0n) is 15.5. The molecule has 4 nitrogen and oxygen atoms in total. The average Bonchev–Trinajstić information content (AvgIpc) is 2.74. The van der Waals surface area contributed by atoms with Crippen LogP contribution in [0.1, 0.15) is 33.2 Å². The first-order chi connectivity index (χ1) is 13.7. The molecule has 0 bridgehead atoms. The Labute approximate surface area is 164 Å². The molecule has 0 amide bonds. The topological polar surface area (TPSA) is 52.6 Å². The Bertz CT molecular complexity index is 956. The number of carbonyl (C=O) groups is 2. The Morgan fingerprint density at radius 1 is 0.786 bits per heavy atom. The highest BCUT2D eigenvalue weighted by Crippen LogP contribution is 2.16. The van der Waals surface area contributed by atoms with Crippen LogP contribution < -0.4 is 9.47 Å². The van der Waals surface area contributed by atoms with Crippen LogP contribution in [-0.4, -0.2) is 18.4 Å². The second kappa shape index (κ2) is 9.33. The Morgan fingerprint density at radius 2 is 1.43 bits per heavy atom. The first kappa shape index (κ1) is 19.1. The summed E-state index contributed by atoms with van der Waals surface area (Å²) in [4.78, 5) is 24.4. The van der Waals surface area contributed by atoms with Crippen molar-refractivity contribution in [1.82, 2.24) is 0 Å². The van der Waals surface area contributed by atoms with Crippen LogP contribution in [0.4, 0.5) is 0 Å². The molecule has 0 saturated carbocycles. The molecular weight excluding hydrogens is 352 g/mol. The van der Waals surface area contributed by atoms with E-state index in [0.717, 1.165) is 11.3 Å². The molecule has 0 aliphatic rings. The number of allylic oxidation sites excluding steroid dienone is 1. The summed E-state index contributed by atoms with van der Waals surface area (Å²) in [6, 6.07) is 22.8. The summed E-state index contributed by atoms with van der Waals surface area (Å²) in [5.41, 5.74) is 1.90. The zero-order chi connectivity index (χ0) is 19.8. The minimum Gasteiger partial charge on any atom is -0.494 e. The van der Waals surface area contributed by atoms with Gasteiger partial charge in [-0.1, -0.05) is 36.4 Å². The minimum atomic E-state index is -0.435. The summed E-state index contributed by atoms with van der Waals surface area (Å²) in [7, 11) is 0. The highest BCUT2D eigenvalue weighted by atomic mass is 16.5. The van der Waals surface area contributed by atoms with E-state index in [1.165, 1.54) is 6.08 Å². The van der Waals surface area contributed by atoms with E-state index in [2.05, 4.69) is 0 Å². The molecule has 0 aromatic heterocycles. The number of esters is 1. The highest BCUT2D eigenvalue weighted by Gasteiger charge is 2.08. The number of ether oxygens (including phenoxy) is 2. The van der Waals surface area contributed by atoms with Gasteiger partial charge in [0.05, 0.1) is 12.2 Å². The largest absolute Gasteiger partial charge is 0.494 e. The molecule has 4 heteroatoms. The number of ketones is 1. The Hall–Kier alpha value is -3.66. The first-order valence-electron chi connectivity index (χ1n) is 8.98. The molecule has 0 fully saturated rings. The van der Waals surface area contributed by atoms with Crippen molar-refractivity contribution < 1.29 is 19.1 Å². The van der Waals surface area contributed by atoms with Crippen LogP contribution in [0.3, 0.4) is 0 Å². The van der Waals surface area contributed by atoms with Crippen LogP contribution >= 0.6 is 0 Å². The average molecular weight is 372 g/mol. The van der Waals surface area contributed by atoms with Crippen molar-refractivity contribution in [3.63, 3.8) is 0 Å². The highest BCUT2D eigenvalue weighted by molar-refractivity contribution is 6.06. The smallest absolute Gasteiger partial charge is 0.343 e. The maximum absolute atomic E-state index is 12.3. The lowest BCUT2D eigenvalue weighted by atomic mass is 10.1. The van der Waals surface area contributed by atoms with E-state index < -0.39 is 5.97 Å². The summed E-state index contributed by atoms with van der Waals surface area (Å²) in [6.07, 6.45) is 3.27. The van der Waals surface area contributed by atoms with Gasteiger partial charge in [-0.15, -0.1) is 0 Å². The molecule has 0 aliphatic heterocycles. The van der Waals surface area contributed by atoms with Crippen molar-refractivity contribution >= 4 is 17.8 Å². The minimum absolute atomic E-state index is 0.130.